The number of aryl methyl sites for hydroxylation is 1. The third kappa shape index (κ3) is 4.98. The van der Waals surface area contributed by atoms with Crippen LogP contribution in [0.25, 0.3) is 22.8 Å². The van der Waals surface area contributed by atoms with Crippen LogP contribution < -0.4 is 9.80 Å². The minimum atomic E-state index is -4.56. The number of carbonyl (C=O) groups excluding carboxylic acids is 1. The first-order valence-electron chi connectivity index (χ1n) is 12.5. The molecule has 0 saturated carbocycles. The fourth-order valence-corrected chi connectivity index (χ4v) is 4.92. The van der Waals surface area contributed by atoms with E-state index in [0.717, 1.165) is 6.20 Å². The topological polar surface area (TPSA) is 80.0 Å². The van der Waals surface area contributed by atoms with E-state index < -0.39 is 24.0 Å². The van der Waals surface area contributed by atoms with Crippen LogP contribution in [0.1, 0.15) is 16.8 Å². The molecule has 14 heteroatoms. The lowest BCUT2D eigenvalue weighted by Gasteiger charge is -2.41. The number of aromatic nitrogens is 5. The minimum Gasteiger partial charge on any atom is -0.355 e. The van der Waals surface area contributed by atoms with Gasteiger partial charge in [-0.15, -0.1) is 0 Å². The zero-order valence-corrected chi connectivity index (χ0v) is 21.4. The van der Waals surface area contributed by atoms with Crippen LogP contribution in [0.2, 0.25) is 0 Å². The Hall–Kier alpha value is -4.49. The first-order chi connectivity index (χ1) is 19.4. The highest BCUT2D eigenvalue weighted by atomic mass is 19.4. The number of fused-ring (bicyclic) bond motifs is 1. The molecule has 2 aliphatic heterocycles. The summed E-state index contributed by atoms with van der Waals surface area (Å²) in [4.78, 5) is 32.8. The number of amides is 1. The van der Waals surface area contributed by atoms with Crippen molar-refractivity contribution in [2.75, 3.05) is 22.9 Å². The smallest absolute Gasteiger partial charge is 0.355 e. The van der Waals surface area contributed by atoms with Gasteiger partial charge in [-0.3, -0.25) is 9.69 Å². The molecule has 0 N–H and O–H groups in total. The van der Waals surface area contributed by atoms with Crippen molar-refractivity contribution in [2.45, 2.75) is 25.3 Å². The van der Waals surface area contributed by atoms with Crippen molar-refractivity contribution in [1.82, 2.24) is 24.5 Å². The van der Waals surface area contributed by atoms with Gasteiger partial charge in [-0.2, -0.15) is 26.3 Å². The van der Waals surface area contributed by atoms with Gasteiger partial charge in [0.25, 0.3) is 0 Å². The summed E-state index contributed by atoms with van der Waals surface area (Å²) in [5, 5.41) is 0. The molecule has 1 aromatic carbocycles. The molecule has 1 fully saturated rings. The zero-order valence-electron chi connectivity index (χ0n) is 21.4. The summed E-state index contributed by atoms with van der Waals surface area (Å²) >= 11 is 0. The van der Waals surface area contributed by atoms with Crippen molar-refractivity contribution in [3.05, 3.63) is 71.8 Å². The Morgan fingerprint density at radius 1 is 0.951 bits per heavy atom. The molecule has 6 rings (SSSR count). The van der Waals surface area contributed by atoms with Gasteiger partial charge in [-0.05, 0) is 17.7 Å². The molecule has 8 nitrogen and oxygen atoms in total. The maximum absolute atomic E-state index is 13.1. The molecular formula is C27H21F6N7O. The van der Waals surface area contributed by atoms with E-state index in [1.165, 1.54) is 33.8 Å². The number of anilines is 2. The second-order valence-corrected chi connectivity index (χ2v) is 9.97. The number of imidazole rings is 1. The first-order valence-corrected chi connectivity index (χ1v) is 12.5. The SMILES string of the molecule is Cn1cc(C(F)(F)F)nc1-c1ccc(CN2C(=O)Cc3cnc(-c4cccnc4N4CC(C(F)(F)F)C4)nc32)cc1. The van der Waals surface area contributed by atoms with E-state index in [0.29, 0.717) is 33.9 Å². The van der Waals surface area contributed by atoms with Crippen molar-refractivity contribution in [2.24, 2.45) is 13.0 Å². The lowest BCUT2D eigenvalue weighted by atomic mass is 9.99. The van der Waals surface area contributed by atoms with E-state index in [2.05, 4.69) is 19.9 Å². The standard InChI is InChI=1S/C27H21F6N7O/c1-38-14-20(27(31,32)33)36-23(38)16-6-4-15(5-7-16)11-40-21(41)9-17-10-35-22(37-24(17)40)19-3-2-8-34-25(19)39-12-18(13-39)26(28,29)30/h2-8,10,14,18H,9,11-13H2,1H3. The lowest BCUT2D eigenvalue weighted by Crippen LogP contribution is -2.53. The van der Waals surface area contributed by atoms with Crippen molar-refractivity contribution >= 4 is 17.5 Å². The molecule has 3 aromatic heterocycles. The Morgan fingerprint density at radius 3 is 2.34 bits per heavy atom. The number of rotatable bonds is 5. The van der Waals surface area contributed by atoms with Gasteiger partial charge in [-0.25, -0.2) is 19.9 Å². The number of nitrogens with zero attached hydrogens (tertiary/aromatic N) is 7. The molecule has 0 radical (unpaired) electrons. The Morgan fingerprint density at radius 2 is 1.68 bits per heavy atom. The Kier molecular flexibility index (Phi) is 6.23. The number of hydrogen-bond donors (Lipinski definition) is 0. The molecule has 0 atom stereocenters. The fraction of sp³-hybridized carbons (Fsp3) is 0.296. The largest absolute Gasteiger partial charge is 0.434 e. The third-order valence-electron chi connectivity index (χ3n) is 7.13. The van der Waals surface area contributed by atoms with Gasteiger partial charge in [0, 0.05) is 49.9 Å². The molecular weight excluding hydrogens is 552 g/mol. The maximum Gasteiger partial charge on any atom is 0.434 e. The van der Waals surface area contributed by atoms with E-state index in [1.54, 1.807) is 36.4 Å². The lowest BCUT2D eigenvalue weighted by molar-refractivity contribution is -0.180. The molecule has 2 aliphatic rings. The molecule has 41 heavy (non-hydrogen) atoms. The molecule has 5 heterocycles. The molecule has 212 valence electrons. The van der Waals surface area contributed by atoms with Gasteiger partial charge in [0.15, 0.2) is 11.5 Å². The highest BCUT2D eigenvalue weighted by Crippen LogP contribution is 2.39. The van der Waals surface area contributed by atoms with Crippen LogP contribution in [0.15, 0.2) is 55.0 Å². The van der Waals surface area contributed by atoms with E-state index in [4.69, 9.17) is 0 Å². The van der Waals surface area contributed by atoms with Crippen LogP contribution in [0.3, 0.4) is 0 Å². The van der Waals surface area contributed by atoms with Crippen LogP contribution in [0.5, 0.6) is 0 Å². The average molecular weight is 574 g/mol. The van der Waals surface area contributed by atoms with Gasteiger partial charge in [0.05, 0.1) is 24.4 Å². The Bertz CT molecular complexity index is 1620. The molecule has 0 spiro atoms. The molecule has 4 aromatic rings. The van der Waals surface area contributed by atoms with Crippen molar-refractivity contribution in [3.63, 3.8) is 0 Å². The van der Waals surface area contributed by atoms with Gasteiger partial charge in [0.1, 0.15) is 17.5 Å². The third-order valence-corrected chi connectivity index (χ3v) is 7.13. The van der Waals surface area contributed by atoms with Gasteiger partial charge < -0.3 is 9.47 Å². The fourth-order valence-electron chi connectivity index (χ4n) is 4.92. The monoisotopic (exact) mass is 573 g/mol. The van der Waals surface area contributed by atoms with Crippen molar-refractivity contribution in [3.8, 4) is 22.8 Å². The van der Waals surface area contributed by atoms with E-state index in [-0.39, 0.29) is 43.6 Å². The van der Waals surface area contributed by atoms with Crippen LogP contribution in [-0.4, -0.2) is 49.7 Å². The van der Waals surface area contributed by atoms with Crippen LogP contribution >= 0.6 is 0 Å². The number of carbonyl (C=O) groups is 1. The quantitative estimate of drug-likeness (QED) is 0.311. The molecule has 0 unspecified atom stereocenters. The van der Waals surface area contributed by atoms with E-state index in [1.807, 2.05) is 0 Å². The van der Waals surface area contributed by atoms with Crippen LogP contribution in [0.4, 0.5) is 38.0 Å². The predicted molar refractivity (Wildman–Crippen MR) is 136 cm³/mol. The van der Waals surface area contributed by atoms with Gasteiger partial charge in [-0.1, -0.05) is 24.3 Å². The van der Waals surface area contributed by atoms with Crippen molar-refractivity contribution in [1.29, 1.82) is 0 Å². The Labute approximate surface area is 229 Å². The summed E-state index contributed by atoms with van der Waals surface area (Å²) in [6, 6.07) is 9.98. The highest BCUT2D eigenvalue weighted by Gasteiger charge is 2.48. The van der Waals surface area contributed by atoms with Gasteiger partial charge in [0.2, 0.25) is 5.91 Å². The normalized spacial score (nSPS) is 15.8. The summed E-state index contributed by atoms with van der Waals surface area (Å²) in [6.45, 7) is -0.278. The molecule has 0 aliphatic carbocycles. The second kappa shape index (κ2) is 9.56. The highest BCUT2D eigenvalue weighted by molar-refractivity contribution is 6.00. The second-order valence-electron chi connectivity index (χ2n) is 9.97. The molecule has 1 saturated heterocycles. The van der Waals surface area contributed by atoms with Gasteiger partial charge >= 0.3 is 12.4 Å². The molecule has 0 bridgehead atoms. The summed E-state index contributed by atoms with van der Waals surface area (Å²) in [7, 11) is 1.48. The number of hydrogen-bond acceptors (Lipinski definition) is 6. The summed E-state index contributed by atoms with van der Waals surface area (Å²) in [5.74, 6) is -0.539. The maximum atomic E-state index is 13.1. The summed E-state index contributed by atoms with van der Waals surface area (Å²) < 4.78 is 79.6. The Balaban J connectivity index is 1.24. The van der Waals surface area contributed by atoms with Crippen molar-refractivity contribution < 1.29 is 31.1 Å². The predicted octanol–water partition coefficient (Wildman–Crippen LogP) is 5.05. The van der Waals surface area contributed by atoms with Crippen LogP contribution in [0, 0.1) is 5.92 Å². The first kappa shape index (κ1) is 26.7. The van der Waals surface area contributed by atoms with E-state index >= 15 is 0 Å². The van der Waals surface area contributed by atoms with Crippen LogP contribution in [-0.2, 0) is 31.0 Å². The number of halogens is 6. The van der Waals surface area contributed by atoms with E-state index in [9.17, 15) is 31.1 Å². The summed E-state index contributed by atoms with van der Waals surface area (Å²) in [5.41, 5.74) is 1.26. The summed E-state index contributed by atoms with van der Waals surface area (Å²) in [6.07, 6.45) is -4.81. The minimum absolute atomic E-state index is 0.0838. The number of pyridine rings is 1. The number of benzene rings is 1. The average Bonchev–Trinajstić information content (AvgIpc) is 3.42. The zero-order chi connectivity index (χ0) is 29.1. The molecule has 1 amide bonds. The number of alkyl halides is 6.